The van der Waals surface area contributed by atoms with Crippen molar-refractivity contribution in [2.75, 3.05) is 52.6 Å². The van der Waals surface area contributed by atoms with E-state index in [9.17, 15) is 16.8 Å². The minimum Gasteiger partial charge on any atom is -0.405 e. The number of hydrogen-bond donors (Lipinski definition) is 0. The third-order valence-electron chi connectivity index (χ3n) is 9.29. The van der Waals surface area contributed by atoms with E-state index in [0.717, 1.165) is 21.5 Å². The third-order valence-corrected chi connectivity index (χ3v) is 18.1. The van der Waals surface area contributed by atoms with E-state index in [-0.39, 0.29) is 67.4 Å². The Morgan fingerprint density at radius 3 is 1.55 bits per heavy atom. The Kier molecular flexibility index (Phi) is 12.7. The van der Waals surface area contributed by atoms with Gasteiger partial charge < -0.3 is 13.9 Å². The summed E-state index contributed by atoms with van der Waals surface area (Å²) in [6.45, 7) is 10.8. The number of benzene rings is 4. The average molecular weight is 751 g/mol. The molecule has 9 nitrogen and oxygen atoms in total. The van der Waals surface area contributed by atoms with Gasteiger partial charge in [0.05, 0.1) is 42.3 Å². The van der Waals surface area contributed by atoms with Crippen LogP contribution in [0.3, 0.4) is 0 Å². The molecule has 5 rings (SSSR count). The van der Waals surface area contributed by atoms with Crippen LogP contribution in [0.1, 0.15) is 31.9 Å². The molecule has 0 unspecified atom stereocenters. The standard InChI is InChI=1S/C39H50N2O7S2Si/c1-32-16-20-35(21-17-32)49(42,43)40-24-27-46-28-25-41(50(44,45)36-22-18-33(2)19-23-36)30-34(47-29-26-40)31-48-51(39(3,4)5,37-12-8-6-9-13-37)38-14-10-7-11-15-38/h6-23,34H,24-31H2,1-5H3/t34-/m0/s1. The number of hydrogen-bond acceptors (Lipinski definition) is 7. The minimum absolute atomic E-state index is 0.0114. The van der Waals surface area contributed by atoms with Crippen LogP contribution < -0.4 is 10.4 Å². The van der Waals surface area contributed by atoms with Gasteiger partial charge in [0.15, 0.2) is 0 Å². The topological polar surface area (TPSA) is 102 Å². The molecule has 0 N–H and O–H groups in total. The normalized spacial score (nSPS) is 18.1. The summed E-state index contributed by atoms with van der Waals surface area (Å²) in [5.41, 5.74) is 1.92. The highest BCUT2D eigenvalue weighted by molar-refractivity contribution is 7.89. The number of rotatable bonds is 9. The second-order valence-electron chi connectivity index (χ2n) is 14.0. The molecule has 0 amide bonds. The van der Waals surface area contributed by atoms with Crippen molar-refractivity contribution >= 4 is 38.7 Å². The summed E-state index contributed by atoms with van der Waals surface area (Å²) < 4.78 is 78.1. The molecule has 0 aromatic heterocycles. The van der Waals surface area contributed by atoms with E-state index in [0.29, 0.717) is 0 Å². The van der Waals surface area contributed by atoms with Crippen LogP contribution in [0.25, 0.3) is 0 Å². The molecule has 51 heavy (non-hydrogen) atoms. The highest BCUT2D eigenvalue weighted by atomic mass is 32.2. The van der Waals surface area contributed by atoms with E-state index in [1.54, 1.807) is 48.5 Å². The molecule has 274 valence electrons. The first-order valence-electron chi connectivity index (χ1n) is 17.3. The van der Waals surface area contributed by atoms with Crippen molar-refractivity contribution in [3.8, 4) is 0 Å². The van der Waals surface area contributed by atoms with Gasteiger partial charge in [0.1, 0.15) is 0 Å². The maximum atomic E-state index is 14.1. The molecular weight excluding hydrogens is 701 g/mol. The van der Waals surface area contributed by atoms with Crippen molar-refractivity contribution in [1.29, 1.82) is 0 Å². The predicted molar refractivity (Wildman–Crippen MR) is 204 cm³/mol. The number of ether oxygens (including phenoxy) is 2. The smallest absolute Gasteiger partial charge is 0.261 e. The largest absolute Gasteiger partial charge is 0.405 e. The molecule has 1 heterocycles. The van der Waals surface area contributed by atoms with E-state index >= 15 is 0 Å². The van der Waals surface area contributed by atoms with Crippen LogP contribution in [0, 0.1) is 13.8 Å². The highest BCUT2D eigenvalue weighted by Crippen LogP contribution is 2.37. The van der Waals surface area contributed by atoms with Gasteiger partial charge >= 0.3 is 0 Å². The summed E-state index contributed by atoms with van der Waals surface area (Å²) in [5, 5.41) is 1.86. The molecule has 1 atom stereocenters. The molecule has 1 aliphatic heterocycles. The first-order valence-corrected chi connectivity index (χ1v) is 22.1. The zero-order valence-corrected chi connectivity index (χ0v) is 32.8. The molecule has 12 heteroatoms. The summed E-state index contributed by atoms with van der Waals surface area (Å²) in [4.78, 5) is 0.379. The summed E-state index contributed by atoms with van der Waals surface area (Å²) in [5.74, 6) is 0. The summed E-state index contributed by atoms with van der Waals surface area (Å²) in [7, 11) is -10.8. The third kappa shape index (κ3) is 9.06. The van der Waals surface area contributed by atoms with Crippen molar-refractivity contribution in [2.24, 2.45) is 0 Å². The van der Waals surface area contributed by atoms with Gasteiger partial charge in [-0.1, -0.05) is 117 Å². The molecule has 4 aromatic carbocycles. The molecular formula is C39H50N2O7S2Si. The van der Waals surface area contributed by atoms with Gasteiger partial charge in [-0.05, 0) is 53.5 Å². The predicted octanol–water partition coefficient (Wildman–Crippen LogP) is 4.98. The van der Waals surface area contributed by atoms with Gasteiger partial charge in [0.2, 0.25) is 20.0 Å². The fourth-order valence-corrected chi connectivity index (χ4v) is 14.0. The van der Waals surface area contributed by atoms with E-state index < -0.39 is 34.5 Å². The lowest BCUT2D eigenvalue weighted by molar-refractivity contribution is -0.00436. The fraction of sp³-hybridized carbons (Fsp3) is 0.385. The van der Waals surface area contributed by atoms with Crippen LogP contribution in [0.2, 0.25) is 5.04 Å². The van der Waals surface area contributed by atoms with Gasteiger partial charge in [-0.2, -0.15) is 8.61 Å². The molecule has 0 radical (unpaired) electrons. The van der Waals surface area contributed by atoms with Gasteiger partial charge in [0, 0.05) is 26.2 Å². The monoisotopic (exact) mass is 750 g/mol. The lowest BCUT2D eigenvalue weighted by atomic mass is 10.2. The summed E-state index contributed by atoms with van der Waals surface area (Å²) >= 11 is 0. The Bertz CT molecular complexity index is 1880. The molecule has 0 spiro atoms. The van der Waals surface area contributed by atoms with Crippen LogP contribution in [-0.4, -0.2) is 92.5 Å². The Morgan fingerprint density at radius 1 is 0.647 bits per heavy atom. The molecule has 0 aliphatic carbocycles. The van der Waals surface area contributed by atoms with Crippen molar-refractivity contribution < 1.29 is 30.7 Å². The number of nitrogens with zero attached hydrogens (tertiary/aromatic N) is 2. The van der Waals surface area contributed by atoms with Crippen molar-refractivity contribution in [2.45, 2.75) is 55.6 Å². The lowest BCUT2D eigenvalue weighted by Crippen LogP contribution is -2.67. The van der Waals surface area contributed by atoms with E-state index in [1.165, 1.54) is 8.61 Å². The molecule has 1 fully saturated rings. The first kappa shape index (κ1) is 39.0. The molecule has 1 saturated heterocycles. The minimum atomic E-state index is -3.94. The fourth-order valence-electron chi connectivity index (χ4n) is 6.50. The Hall–Kier alpha value is -3.20. The van der Waals surface area contributed by atoms with Crippen LogP contribution in [0.5, 0.6) is 0 Å². The van der Waals surface area contributed by atoms with E-state index in [2.05, 4.69) is 45.0 Å². The SMILES string of the molecule is Cc1ccc(S(=O)(=O)N2CCOCCN(S(=O)(=O)c3ccc(C)cc3)C[C@@H](CO[Si](c3ccccc3)(c3ccccc3)C(C)(C)C)OCC2)cc1. The molecule has 1 aliphatic rings. The van der Waals surface area contributed by atoms with E-state index in [4.69, 9.17) is 13.9 Å². The van der Waals surface area contributed by atoms with Gasteiger partial charge in [-0.15, -0.1) is 0 Å². The molecule has 0 saturated carbocycles. The highest BCUT2D eigenvalue weighted by Gasteiger charge is 2.50. The number of sulfonamides is 2. The van der Waals surface area contributed by atoms with Crippen LogP contribution in [-0.2, 0) is 33.9 Å². The Balaban J connectivity index is 1.50. The van der Waals surface area contributed by atoms with Gasteiger partial charge in [-0.3, -0.25) is 0 Å². The first-order chi connectivity index (χ1) is 24.2. The van der Waals surface area contributed by atoms with Crippen molar-refractivity contribution in [3.63, 3.8) is 0 Å². The van der Waals surface area contributed by atoms with Crippen LogP contribution in [0.15, 0.2) is 119 Å². The van der Waals surface area contributed by atoms with Crippen molar-refractivity contribution in [1.82, 2.24) is 8.61 Å². The lowest BCUT2D eigenvalue weighted by Gasteiger charge is -2.44. The zero-order chi connectivity index (χ0) is 36.7. The quantitative estimate of drug-likeness (QED) is 0.223. The van der Waals surface area contributed by atoms with Gasteiger partial charge in [0.25, 0.3) is 8.32 Å². The van der Waals surface area contributed by atoms with Crippen molar-refractivity contribution in [3.05, 3.63) is 120 Å². The second kappa shape index (κ2) is 16.6. The maximum absolute atomic E-state index is 14.1. The maximum Gasteiger partial charge on any atom is 0.261 e. The average Bonchev–Trinajstić information content (AvgIpc) is 3.10. The second-order valence-corrected chi connectivity index (χ2v) is 22.2. The molecule has 0 bridgehead atoms. The summed E-state index contributed by atoms with van der Waals surface area (Å²) in [6.07, 6.45) is -0.727. The number of aryl methyl sites for hydroxylation is 2. The van der Waals surface area contributed by atoms with Crippen LogP contribution >= 0.6 is 0 Å². The Labute approximate surface area is 305 Å². The van der Waals surface area contributed by atoms with Crippen LogP contribution in [0.4, 0.5) is 0 Å². The Morgan fingerprint density at radius 2 is 1.08 bits per heavy atom. The molecule has 4 aromatic rings. The summed E-state index contributed by atoms with van der Waals surface area (Å²) in [6, 6.07) is 34.0. The van der Waals surface area contributed by atoms with Gasteiger partial charge in [-0.25, -0.2) is 16.8 Å². The van der Waals surface area contributed by atoms with E-state index in [1.807, 2.05) is 50.2 Å². The zero-order valence-electron chi connectivity index (χ0n) is 30.2.